The summed E-state index contributed by atoms with van der Waals surface area (Å²) in [6.07, 6.45) is 0.755. The van der Waals surface area contributed by atoms with Crippen LogP contribution >= 0.6 is 0 Å². The Labute approximate surface area is 199 Å². The predicted molar refractivity (Wildman–Crippen MR) is 115 cm³/mol. The van der Waals surface area contributed by atoms with Crippen molar-refractivity contribution in [1.82, 2.24) is 9.62 Å². The van der Waals surface area contributed by atoms with Crippen molar-refractivity contribution in [2.24, 2.45) is 0 Å². The van der Waals surface area contributed by atoms with Gasteiger partial charge in [0.1, 0.15) is 23.1 Å². The van der Waals surface area contributed by atoms with Gasteiger partial charge in [-0.15, -0.1) is 0 Å². The van der Waals surface area contributed by atoms with Gasteiger partial charge in [-0.25, -0.2) is 22.1 Å². The minimum atomic E-state index is -5.04. The molecule has 35 heavy (non-hydrogen) atoms. The van der Waals surface area contributed by atoms with E-state index in [2.05, 4.69) is 0 Å². The average Bonchev–Trinajstić information content (AvgIpc) is 3.13. The van der Waals surface area contributed by atoms with Gasteiger partial charge in [-0.05, 0) is 55.4 Å². The number of carbonyl (C=O) groups excluding carboxylic acids is 1. The van der Waals surface area contributed by atoms with Crippen LogP contribution in [-0.2, 0) is 22.2 Å². The van der Waals surface area contributed by atoms with Gasteiger partial charge in [0, 0.05) is 24.2 Å². The van der Waals surface area contributed by atoms with E-state index in [-0.39, 0.29) is 48.9 Å². The maximum atomic E-state index is 15.4. The monoisotopic (exact) mass is 520 g/mol. The fraction of sp³-hybridized carbons (Fsp3) is 0.435. The molecule has 3 unspecified atom stereocenters. The molecule has 0 radical (unpaired) electrons. The topological polar surface area (TPSA) is 69.6 Å². The van der Waals surface area contributed by atoms with E-state index in [0.717, 1.165) is 12.1 Å². The second-order valence-electron chi connectivity index (χ2n) is 8.82. The van der Waals surface area contributed by atoms with Crippen molar-refractivity contribution in [3.8, 4) is 11.1 Å². The minimum absolute atomic E-state index is 0.00469. The first-order chi connectivity index (χ1) is 16.4. The fourth-order valence-corrected chi connectivity index (χ4v) is 5.27. The molecule has 0 spiro atoms. The lowest BCUT2D eigenvalue weighted by atomic mass is 9.79. The lowest BCUT2D eigenvalue weighted by Gasteiger charge is -2.40. The number of nitrogens with one attached hydrogen (secondary N) is 1. The zero-order chi connectivity index (χ0) is 25.5. The molecule has 12 heteroatoms. The zero-order valence-electron chi connectivity index (χ0n) is 18.2. The van der Waals surface area contributed by atoms with E-state index in [4.69, 9.17) is 0 Å². The van der Waals surface area contributed by atoms with Gasteiger partial charge in [0.05, 0.1) is 6.04 Å². The van der Waals surface area contributed by atoms with Crippen LogP contribution in [0.3, 0.4) is 0 Å². The normalized spacial score (nSPS) is 22.7. The molecular weight excluding hydrogens is 498 g/mol. The third-order valence-electron chi connectivity index (χ3n) is 6.54. The second kappa shape index (κ2) is 9.55. The highest BCUT2D eigenvalue weighted by Crippen LogP contribution is 2.37. The summed E-state index contributed by atoms with van der Waals surface area (Å²) in [6, 6.07) is 4.45. The molecule has 1 saturated heterocycles. The molecule has 1 aliphatic carbocycles. The summed E-state index contributed by atoms with van der Waals surface area (Å²) < 4.78 is 95.3. The van der Waals surface area contributed by atoms with Crippen LogP contribution in [-0.4, -0.2) is 49.9 Å². The van der Waals surface area contributed by atoms with Gasteiger partial charge in [-0.3, -0.25) is 4.79 Å². The van der Waals surface area contributed by atoms with Crippen LogP contribution in [0.25, 0.3) is 11.1 Å². The molecule has 5 nitrogen and oxygen atoms in total. The van der Waals surface area contributed by atoms with E-state index in [0.29, 0.717) is 12.5 Å². The van der Waals surface area contributed by atoms with Crippen molar-refractivity contribution in [3.63, 3.8) is 0 Å². The molecule has 4 rings (SSSR count). The highest BCUT2D eigenvalue weighted by molar-refractivity contribution is 7.83. The number of hydrogen-bond acceptors (Lipinski definition) is 3. The van der Waals surface area contributed by atoms with E-state index in [9.17, 15) is 36.1 Å². The smallest absolute Gasteiger partial charge is 0.380 e. The van der Waals surface area contributed by atoms with E-state index in [1.165, 1.54) is 23.1 Å². The van der Waals surface area contributed by atoms with Crippen LogP contribution in [0.2, 0.25) is 0 Å². The van der Waals surface area contributed by atoms with E-state index in [1.54, 1.807) is 0 Å². The Hall–Kier alpha value is -2.44. The first-order valence-corrected chi connectivity index (χ1v) is 12.1. The van der Waals surface area contributed by atoms with Crippen molar-refractivity contribution in [3.05, 3.63) is 59.4 Å². The molecular formula is C23H22F6N2O3S. The number of hydrogen-bond donors (Lipinski definition) is 2. The van der Waals surface area contributed by atoms with Crippen LogP contribution in [0, 0.1) is 17.5 Å². The third-order valence-corrected chi connectivity index (χ3v) is 7.47. The Bertz CT molecular complexity index is 1130. The molecule has 2 aromatic carbocycles. The molecule has 1 amide bonds. The zero-order valence-corrected chi connectivity index (χ0v) is 19.1. The molecule has 190 valence electrons. The Kier molecular flexibility index (Phi) is 7.00. The SMILES string of the molecule is O=C(N1CCC(NS(=O)C(F)(F)F)C1Cc1cccc(-c2cc(F)cc(F)c2)c1F)C1(O)CCC1. The molecule has 2 N–H and O–H groups in total. The fourth-order valence-electron chi connectivity index (χ4n) is 4.59. The number of rotatable bonds is 6. The maximum Gasteiger partial charge on any atom is 0.485 e. The number of carbonyl (C=O) groups is 1. The van der Waals surface area contributed by atoms with Crippen LogP contribution in [0.15, 0.2) is 36.4 Å². The molecule has 3 atom stereocenters. The van der Waals surface area contributed by atoms with Gasteiger partial charge >= 0.3 is 5.51 Å². The van der Waals surface area contributed by atoms with Gasteiger partial charge in [-0.1, -0.05) is 18.2 Å². The van der Waals surface area contributed by atoms with Crippen molar-refractivity contribution in [1.29, 1.82) is 0 Å². The first kappa shape index (κ1) is 25.6. The Morgan fingerprint density at radius 1 is 1.14 bits per heavy atom. The number of likely N-dealkylation sites (tertiary alicyclic amines) is 1. The van der Waals surface area contributed by atoms with Gasteiger partial charge in [0.15, 0.2) is 11.0 Å². The Balaban J connectivity index is 1.66. The van der Waals surface area contributed by atoms with Gasteiger partial charge < -0.3 is 10.0 Å². The lowest BCUT2D eigenvalue weighted by Crippen LogP contribution is -2.57. The van der Waals surface area contributed by atoms with Crippen LogP contribution in [0.5, 0.6) is 0 Å². The predicted octanol–water partition coefficient (Wildman–Crippen LogP) is 3.97. The van der Waals surface area contributed by atoms with Crippen molar-refractivity contribution in [2.75, 3.05) is 6.54 Å². The number of aliphatic hydroxyl groups is 1. The first-order valence-electron chi connectivity index (χ1n) is 10.9. The second-order valence-corrected chi connectivity index (χ2v) is 10.1. The lowest BCUT2D eigenvalue weighted by molar-refractivity contribution is -0.161. The highest BCUT2D eigenvalue weighted by atomic mass is 32.2. The summed E-state index contributed by atoms with van der Waals surface area (Å²) in [5.74, 6) is -3.34. The van der Waals surface area contributed by atoms with Gasteiger partial charge in [0.2, 0.25) is 0 Å². The number of nitrogens with zero attached hydrogens (tertiary/aromatic N) is 1. The van der Waals surface area contributed by atoms with E-state index < -0.39 is 57.5 Å². The summed E-state index contributed by atoms with van der Waals surface area (Å²) in [7, 11) is -3.42. The van der Waals surface area contributed by atoms with Crippen LogP contribution < -0.4 is 4.72 Å². The number of benzene rings is 2. The average molecular weight is 520 g/mol. The van der Waals surface area contributed by atoms with Gasteiger partial charge in [-0.2, -0.15) is 13.2 Å². The summed E-state index contributed by atoms with van der Waals surface area (Å²) in [5.41, 5.74) is -6.88. The van der Waals surface area contributed by atoms with E-state index in [1.807, 2.05) is 4.72 Å². The van der Waals surface area contributed by atoms with E-state index >= 15 is 4.39 Å². The van der Waals surface area contributed by atoms with Gasteiger partial charge in [0.25, 0.3) is 5.91 Å². The quantitative estimate of drug-likeness (QED) is 0.567. The van der Waals surface area contributed by atoms with Crippen molar-refractivity contribution >= 4 is 16.9 Å². The molecule has 2 fully saturated rings. The Morgan fingerprint density at radius 2 is 1.80 bits per heavy atom. The molecule has 2 aromatic rings. The van der Waals surface area contributed by atoms with Crippen molar-refractivity contribution in [2.45, 2.75) is 55.3 Å². The standard InChI is InChI=1S/C23H22F6N2O3S/c24-15-9-14(10-16(25)12-15)17-4-1-3-13(20(17)26)11-19-18(30-35(34)23(27,28)29)5-8-31(19)21(32)22(33)6-2-7-22/h1,3-4,9-10,12,18-19,30,33H,2,5-8,11H2. The Morgan fingerprint density at radius 3 is 2.37 bits per heavy atom. The minimum Gasteiger partial charge on any atom is -0.380 e. The molecule has 1 saturated carbocycles. The summed E-state index contributed by atoms with van der Waals surface area (Å²) in [5, 5.41) is 10.5. The largest absolute Gasteiger partial charge is 0.485 e. The molecule has 1 heterocycles. The summed E-state index contributed by atoms with van der Waals surface area (Å²) in [4.78, 5) is 14.2. The van der Waals surface area contributed by atoms with Crippen LogP contribution in [0.1, 0.15) is 31.2 Å². The highest BCUT2D eigenvalue weighted by Gasteiger charge is 2.50. The molecule has 2 aliphatic rings. The molecule has 0 bridgehead atoms. The molecule has 0 aromatic heterocycles. The maximum absolute atomic E-state index is 15.4. The summed E-state index contributed by atoms with van der Waals surface area (Å²) in [6.45, 7) is -0.0189. The molecule has 1 aliphatic heterocycles. The van der Waals surface area contributed by atoms with Crippen molar-refractivity contribution < 1.29 is 40.5 Å². The number of alkyl halides is 3. The summed E-state index contributed by atoms with van der Waals surface area (Å²) >= 11 is 0. The number of amides is 1. The number of halogens is 6. The van der Waals surface area contributed by atoms with Crippen LogP contribution in [0.4, 0.5) is 26.3 Å². The third kappa shape index (κ3) is 5.24.